The highest BCUT2D eigenvalue weighted by molar-refractivity contribution is 5.88. The number of amides is 1. The number of nitrogens with two attached hydrogens (primary N) is 1. The first-order chi connectivity index (χ1) is 9.15. The van der Waals surface area contributed by atoms with Crippen LogP contribution in [0.2, 0.25) is 0 Å². The van der Waals surface area contributed by atoms with Gasteiger partial charge in [0.1, 0.15) is 0 Å². The second-order valence-electron chi connectivity index (χ2n) is 4.10. The van der Waals surface area contributed by atoms with E-state index < -0.39 is 0 Å². The number of nitrogens with one attached hydrogen (secondary N) is 1. The van der Waals surface area contributed by atoms with Crippen molar-refractivity contribution in [2.24, 2.45) is 0 Å². The van der Waals surface area contributed by atoms with Crippen molar-refractivity contribution in [3.63, 3.8) is 0 Å². The maximum Gasteiger partial charge on any atom is 0.221 e. The topological polar surface area (TPSA) is 55.1 Å². The molecule has 94 valence electrons. The summed E-state index contributed by atoms with van der Waals surface area (Å²) in [6.07, 6.45) is 0. The summed E-state index contributed by atoms with van der Waals surface area (Å²) in [7, 11) is 0. The van der Waals surface area contributed by atoms with E-state index in [1.54, 1.807) is 0 Å². The number of hydrogen-bond acceptors (Lipinski definition) is 2. The number of carbonyl (C=O) groups excluding carboxylic acids is 1. The summed E-state index contributed by atoms with van der Waals surface area (Å²) < 4.78 is 0. The lowest BCUT2D eigenvalue weighted by atomic mass is 10.1. The molecular formula is C16H14N2O. The summed E-state index contributed by atoms with van der Waals surface area (Å²) in [5.74, 6) is 5.96. The zero-order chi connectivity index (χ0) is 13.7. The molecule has 0 spiro atoms. The van der Waals surface area contributed by atoms with Gasteiger partial charge in [0.05, 0.1) is 0 Å². The fourth-order valence-electron chi connectivity index (χ4n) is 1.63. The van der Waals surface area contributed by atoms with Crippen LogP contribution in [0.5, 0.6) is 0 Å². The SMILES string of the molecule is CC(=O)Nc1cccc(C#Cc2ccccc2N)c1. The first-order valence-corrected chi connectivity index (χ1v) is 5.89. The van der Waals surface area contributed by atoms with Crippen molar-refractivity contribution in [1.82, 2.24) is 0 Å². The van der Waals surface area contributed by atoms with Gasteiger partial charge in [-0.1, -0.05) is 30.0 Å². The molecule has 1 amide bonds. The van der Waals surface area contributed by atoms with Crippen LogP contribution in [0.25, 0.3) is 0 Å². The van der Waals surface area contributed by atoms with E-state index >= 15 is 0 Å². The molecule has 0 saturated heterocycles. The Morgan fingerprint density at radius 3 is 2.63 bits per heavy atom. The Labute approximate surface area is 112 Å². The third-order valence-electron chi connectivity index (χ3n) is 2.49. The van der Waals surface area contributed by atoms with Crippen LogP contribution in [0, 0.1) is 11.8 Å². The van der Waals surface area contributed by atoms with Gasteiger partial charge in [-0.15, -0.1) is 0 Å². The van der Waals surface area contributed by atoms with Crippen molar-refractivity contribution < 1.29 is 4.79 Å². The average Bonchev–Trinajstić information content (AvgIpc) is 2.37. The summed E-state index contributed by atoms with van der Waals surface area (Å²) in [4.78, 5) is 11.0. The second kappa shape index (κ2) is 5.74. The highest BCUT2D eigenvalue weighted by Gasteiger charge is 1.96. The lowest BCUT2D eigenvalue weighted by Gasteiger charge is -2.01. The van der Waals surface area contributed by atoms with Gasteiger partial charge < -0.3 is 11.1 Å². The molecule has 0 atom stereocenters. The number of anilines is 2. The lowest BCUT2D eigenvalue weighted by molar-refractivity contribution is -0.114. The summed E-state index contributed by atoms with van der Waals surface area (Å²) in [6.45, 7) is 1.48. The van der Waals surface area contributed by atoms with Crippen molar-refractivity contribution in [2.75, 3.05) is 11.1 Å². The molecule has 0 unspecified atom stereocenters. The van der Waals surface area contributed by atoms with Gasteiger partial charge in [0.25, 0.3) is 0 Å². The van der Waals surface area contributed by atoms with Gasteiger partial charge in [0.15, 0.2) is 0 Å². The minimum absolute atomic E-state index is 0.0996. The van der Waals surface area contributed by atoms with Gasteiger partial charge in [0.2, 0.25) is 5.91 Å². The van der Waals surface area contributed by atoms with Crippen molar-refractivity contribution in [1.29, 1.82) is 0 Å². The molecule has 2 rings (SSSR count). The van der Waals surface area contributed by atoms with Crippen molar-refractivity contribution in [3.8, 4) is 11.8 Å². The molecule has 0 aromatic heterocycles. The molecule has 2 aromatic rings. The van der Waals surface area contributed by atoms with E-state index in [1.165, 1.54) is 6.92 Å². The fourth-order valence-corrected chi connectivity index (χ4v) is 1.63. The van der Waals surface area contributed by atoms with Crippen LogP contribution in [-0.4, -0.2) is 5.91 Å². The molecule has 0 heterocycles. The van der Waals surface area contributed by atoms with Crippen LogP contribution < -0.4 is 11.1 Å². The molecule has 3 heteroatoms. The zero-order valence-corrected chi connectivity index (χ0v) is 10.6. The number of hydrogen-bond donors (Lipinski definition) is 2. The number of para-hydroxylation sites is 1. The largest absolute Gasteiger partial charge is 0.398 e. The van der Waals surface area contributed by atoms with Gasteiger partial charge in [-0.05, 0) is 30.3 Å². The smallest absolute Gasteiger partial charge is 0.221 e. The fraction of sp³-hybridized carbons (Fsp3) is 0.0625. The van der Waals surface area contributed by atoms with Crippen LogP contribution in [0.1, 0.15) is 18.1 Å². The molecule has 2 aromatic carbocycles. The van der Waals surface area contributed by atoms with Crippen LogP contribution in [0.15, 0.2) is 48.5 Å². The number of rotatable bonds is 1. The van der Waals surface area contributed by atoms with Gasteiger partial charge in [0, 0.05) is 29.4 Å². The average molecular weight is 250 g/mol. The first kappa shape index (κ1) is 12.7. The quantitative estimate of drug-likeness (QED) is 0.604. The van der Waals surface area contributed by atoms with E-state index in [1.807, 2.05) is 48.5 Å². The van der Waals surface area contributed by atoms with Crippen LogP contribution in [0.3, 0.4) is 0 Å². The number of carbonyl (C=O) groups is 1. The van der Waals surface area contributed by atoms with E-state index in [4.69, 9.17) is 5.73 Å². The maximum absolute atomic E-state index is 11.0. The predicted octanol–water partition coefficient (Wildman–Crippen LogP) is 2.63. The van der Waals surface area contributed by atoms with Crippen molar-refractivity contribution in [2.45, 2.75) is 6.92 Å². The molecule has 0 aliphatic rings. The molecule has 0 bridgehead atoms. The predicted molar refractivity (Wildman–Crippen MR) is 77.6 cm³/mol. The van der Waals surface area contributed by atoms with E-state index in [0.717, 1.165) is 16.8 Å². The Balaban J connectivity index is 2.25. The Morgan fingerprint density at radius 1 is 1.11 bits per heavy atom. The van der Waals surface area contributed by atoms with E-state index in [9.17, 15) is 4.79 Å². The summed E-state index contributed by atoms with van der Waals surface area (Å²) in [5.41, 5.74) is 8.84. The van der Waals surface area contributed by atoms with Crippen LogP contribution in [0.4, 0.5) is 11.4 Å². The van der Waals surface area contributed by atoms with E-state index in [0.29, 0.717) is 5.69 Å². The normalized spacial score (nSPS) is 9.32. The van der Waals surface area contributed by atoms with Gasteiger partial charge in [-0.3, -0.25) is 4.79 Å². The highest BCUT2D eigenvalue weighted by atomic mass is 16.1. The van der Waals surface area contributed by atoms with E-state index in [2.05, 4.69) is 17.2 Å². The molecule has 0 radical (unpaired) electrons. The Bertz CT molecular complexity index is 666. The Hall–Kier alpha value is -2.73. The highest BCUT2D eigenvalue weighted by Crippen LogP contribution is 2.11. The van der Waals surface area contributed by atoms with Crippen molar-refractivity contribution >= 4 is 17.3 Å². The first-order valence-electron chi connectivity index (χ1n) is 5.89. The summed E-state index contributed by atoms with van der Waals surface area (Å²) in [6, 6.07) is 14.8. The molecule has 0 fully saturated rings. The minimum atomic E-state index is -0.0996. The lowest BCUT2D eigenvalue weighted by Crippen LogP contribution is -2.05. The van der Waals surface area contributed by atoms with E-state index in [-0.39, 0.29) is 5.91 Å². The monoisotopic (exact) mass is 250 g/mol. The van der Waals surface area contributed by atoms with Crippen LogP contribution in [-0.2, 0) is 4.79 Å². The standard InChI is InChI=1S/C16H14N2O/c1-12(19)18-15-7-4-5-13(11-15)9-10-14-6-2-3-8-16(14)17/h2-8,11H,17H2,1H3,(H,18,19). The second-order valence-corrected chi connectivity index (χ2v) is 4.10. The van der Waals surface area contributed by atoms with Gasteiger partial charge in [-0.25, -0.2) is 0 Å². The maximum atomic E-state index is 11.0. The molecule has 19 heavy (non-hydrogen) atoms. The Morgan fingerprint density at radius 2 is 1.89 bits per heavy atom. The van der Waals surface area contributed by atoms with Crippen molar-refractivity contribution in [3.05, 3.63) is 59.7 Å². The molecule has 0 aliphatic heterocycles. The zero-order valence-electron chi connectivity index (χ0n) is 10.6. The molecular weight excluding hydrogens is 236 g/mol. The third kappa shape index (κ3) is 3.62. The van der Waals surface area contributed by atoms with Crippen LogP contribution >= 0.6 is 0 Å². The minimum Gasteiger partial charge on any atom is -0.398 e. The summed E-state index contributed by atoms with van der Waals surface area (Å²) >= 11 is 0. The number of benzene rings is 2. The van der Waals surface area contributed by atoms with Gasteiger partial charge >= 0.3 is 0 Å². The molecule has 0 aliphatic carbocycles. The Kier molecular flexibility index (Phi) is 3.84. The third-order valence-corrected chi connectivity index (χ3v) is 2.49. The van der Waals surface area contributed by atoms with Gasteiger partial charge in [-0.2, -0.15) is 0 Å². The molecule has 3 N–H and O–H groups in total. The molecule has 0 saturated carbocycles. The molecule has 3 nitrogen and oxygen atoms in total. The summed E-state index contributed by atoms with van der Waals surface area (Å²) in [5, 5.41) is 2.72. The number of nitrogen functional groups attached to an aromatic ring is 1.